The zero-order chi connectivity index (χ0) is 16.5. The van der Waals surface area contributed by atoms with E-state index < -0.39 is 0 Å². The van der Waals surface area contributed by atoms with Gasteiger partial charge in [-0.25, -0.2) is 0 Å². The lowest BCUT2D eigenvalue weighted by Gasteiger charge is -2.23. The number of nitrogens with zero attached hydrogens (tertiary/aromatic N) is 2. The van der Waals surface area contributed by atoms with Crippen molar-refractivity contribution >= 4 is 11.9 Å². The summed E-state index contributed by atoms with van der Waals surface area (Å²) in [6.45, 7) is 2.38. The van der Waals surface area contributed by atoms with Crippen molar-refractivity contribution in [3.8, 4) is 0 Å². The van der Waals surface area contributed by atoms with Gasteiger partial charge in [0.2, 0.25) is 0 Å². The van der Waals surface area contributed by atoms with Crippen LogP contribution in [0.4, 0.5) is 0 Å². The lowest BCUT2D eigenvalue weighted by molar-refractivity contribution is -0.870. The molecule has 8 heteroatoms. The number of carbonyl (C=O) groups excluding carboxylic acids is 2. The van der Waals surface area contributed by atoms with Gasteiger partial charge in [0.1, 0.15) is 26.3 Å². The fourth-order valence-corrected chi connectivity index (χ4v) is 1.39. The molecule has 23 heavy (non-hydrogen) atoms. The summed E-state index contributed by atoms with van der Waals surface area (Å²) in [5.74, 6) is -0.495. The minimum absolute atomic E-state index is 0. The summed E-state index contributed by atoms with van der Waals surface area (Å²) in [5, 5.41) is 0. The number of ether oxygens (including phenoxy) is 2. The maximum atomic E-state index is 11.5. The minimum Gasteiger partial charge on any atom is -1.00 e. The summed E-state index contributed by atoms with van der Waals surface area (Å²) in [7, 11) is 12.3. The molecule has 0 heterocycles. The van der Waals surface area contributed by atoms with Crippen molar-refractivity contribution in [2.45, 2.75) is 19.3 Å². The van der Waals surface area contributed by atoms with Crippen LogP contribution in [0.15, 0.2) is 0 Å². The van der Waals surface area contributed by atoms with Crippen LogP contribution in [0, 0.1) is 0 Å². The second-order valence-electron chi connectivity index (χ2n) is 7.32. The van der Waals surface area contributed by atoms with Crippen LogP contribution in [-0.4, -0.2) is 89.5 Å². The molecular formula is C15H32I2N2O4. The monoisotopic (exact) mass is 558 g/mol. The molecule has 0 saturated heterocycles. The molecule has 0 atom stereocenters. The Balaban J connectivity index is -0.00000200. The van der Waals surface area contributed by atoms with Gasteiger partial charge in [-0.2, -0.15) is 0 Å². The summed E-state index contributed by atoms with van der Waals surface area (Å²) < 4.78 is 11.7. The Labute approximate surface area is 175 Å². The lowest BCUT2D eigenvalue weighted by Crippen LogP contribution is -3.00. The van der Waals surface area contributed by atoms with Crippen LogP contribution in [0.1, 0.15) is 19.3 Å². The highest BCUT2D eigenvalue weighted by Gasteiger charge is 2.12. The molecule has 6 nitrogen and oxygen atoms in total. The number of hydrogen-bond acceptors (Lipinski definition) is 4. The molecule has 0 spiro atoms. The van der Waals surface area contributed by atoms with Crippen molar-refractivity contribution in [1.29, 1.82) is 0 Å². The van der Waals surface area contributed by atoms with Crippen molar-refractivity contribution in [1.82, 2.24) is 0 Å². The highest BCUT2D eigenvalue weighted by atomic mass is 127. The molecule has 0 rings (SSSR count). The number of carbonyl (C=O) groups is 2. The Morgan fingerprint density at radius 1 is 0.696 bits per heavy atom. The van der Waals surface area contributed by atoms with Crippen molar-refractivity contribution in [2.75, 3.05) is 68.6 Å². The van der Waals surface area contributed by atoms with Crippen molar-refractivity contribution in [3.63, 3.8) is 0 Å². The molecular weight excluding hydrogens is 526 g/mol. The van der Waals surface area contributed by atoms with Crippen LogP contribution in [0.25, 0.3) is 0 Å². The normalized spacial score (nSPS) is 11.0. The number of hydrogen-bond donors (Lipinski definition) is 0. The van der Waals surface area contributed by atoms with E-state index >= 15 is 0 Å². The molecule has 0 aromatic rings. The number of quaternary nitrogens is 2. The first-order chi connectivity index (χ1) is 9.49. The number of esters is 2. The number of halogens is 2. The van der Waals surface area contributed by atoms with E-state index in [0.29, 0.717) is 19.6 Å². The van der Waals surface area contributed by atoms with Crippen LogP contribution < -0.4 is 48.0 Å². The molecule has 0 aliphatic heterocycles. The van der Waals surface area contributed by atoms with E-state index in [4.69, 9.17) is 9.47 Å². The molecule has 0 fully saturated rings. The molecule has 0 aromatic carbocycles. The van der Waals surface area contributed by atoms with Gasteiger partial charge in [-0.1, -0.05) is 0 Å². The quantitative estimate of drug-likeness (QED) is 0.153. The Morgan fingerprint density at radius 3 is 1.26 bits per heavy atom. The molecule has 0 aliphatic rings. The molecule has 0 saturated carbocycles. The van der Waals surface area contributed by atoms with E-state index in [2.05, 4.69) is 0 Å². The molecule has 0 aliphatic carbocycles. The Hall–Kier alpha value is 0.320. The van der Waals surface area contributed by atoms with Crippen molar-refractivity contribution < 1.29 is 76.0 Å². The summed E-state index contributed by atoms with van der Waals surface area (Å²) in [6.07, 6.45) is 1.01. The summed E-state index contributed by atoms with van der Waals surface area (Å²) in [5.41, 5.74) is 0. The average molecular weight is 558 g/mol. The van der Waals surface area contributed by atoms with Gasteiger partial charge in [-0.15, -0.1) is 0 Å². The van der Waals surface area contributed by atoms with Gasteiger partial charge < -0.3 is 66.4 Å². The fourth-order valence-electron chi connectivity index (χ4n) is 1.39. The fraction of sp³-hybridized carbons (Fsp3) is 0.867. The molecule has 140 valence electrons. The van der Waals surface area contributed by atoms with E-state index in [1.54, 1.807) is 0 Å². The molecule has 0 N–H and O–H groups in total. The SMILES string of the molecule is C[N+](C)(C)CCOC(=O)CCCC(=O)OCC[N+](C)(C)C.[I-].[I-]. The van der Waals surface area contributed by atoms with Crippen LogP contribution >= 0.6 is 0 Å². The average Bonchev–Trinajstić information content (AvgIpc) is 2.25. The Morgan fingerprint density at radius 2 is 1.00 bits per heavy atom. The maximum Gasteiger partial charge on any atom is 0.306 e. The standard InChI is InChI=1S/C15H32N2O4.2HI/c1-16(2,3)10-12-20-14(18)8-7-9-15(19)21-13-11-17(4,5)6;;/h7-13H2,1-6H3;2*1H/q+2;;/p-2. The molecule has 0 aromatic heterocycles. The second-order valence-corrected chi connectivity index (χ2v) is 7.32. The van der Waals surface area contributed by atoms with E-state index in [9.17, 15) is 9.59 Å². The second kappa shape index (κ2) is 13.6. The third-order valence-electron chi connectivity index (χ3n) is 2.81. The third-order valence-corrected chi connectivity index (χ3v) is 2.81. The predicted octanol–water partition coefficient (Wildman–Crippen LogP) is -5.34. The summed E-state index contributed by atoms with van der Waals surface area (Å²) >= 11 is 0. The van der Waals surface area contributed by atoms with Gasteiger partial charge in [0.05, 0.1) is 42.3 Å². The first-order valence-corrected chi connectivity index (χ1v) is 7.42. The van der Waals surface area contributed by atoms with Gasteiger partial charge >= 0.3 is 11.9 Å². The lowest BCUT2D eigenvalue weighted by atomic mass is 10.2. The summed E-state index contributed by atoms with van der Waals surface area (Å²) in [6, 6.07) is 0. The van der Waals surface area contributed by atoms with Gasteiger partial charge in [-0.3, -0.25) is 9.59 Å². The first-order valence-electron chi connectivity index (χ1n) is 7.42. The Bertz CT molecular complexity index is 307. The van der Waals surface area contributed by atoms with Crippen LogP contribution in [0.2, 0.25) is 0 Å². The van der Waals surface area contributed by atoms with Gasteiger partial charge in [0.15, 0.2) is 0 Å². The van der Waals surface area contributed by atoms with Crippen molar-refractivity contribution in [2.24, 2.45) is 0 Å². The van der Waals surface area contributed by atoms with E-state index in [1.807, 2.05) is 42.3 Å². The zero-order valence-corrected chi connectivity index (χ0v) is 19.5. The largest absolute Gasteiger partial charge is 1.00 e. The Kier molecular flexibility index (Phi) is 16.6. The first kappa shape index (κ1) is 28.1. The van der Waals surface area contributed by atoms with Gasteiger partial charge in [0, 0.05) is 12.8 Å². The molecule has 0 unspecified atom stereocenters. The smallest absolute Gasteiger partial charge is 0.306 e. The van der Waals surface area contributed by atoms with Crippen LogP contribution in [-0.2, 0) is 19.1 Å². The van der Waals surface area contributed by atoms with Gasteiger partial charge in [-0.05, 0) is 6.42 Å². The van der Waals surface area contributed by atoms with E-state index in [0.717, 1.165) is 22.1 Å². The minimum atomic E-state index is -0.248. The molecule has 0 amide bonds. The summed E-state index contributed by atoms with van der Waals surface area (Å²) in [4.78, 5) is 22.9. The number of rotatable bonds is 10. The number of likely N-dealkylation sites (N-methyl/N-ethyl adjacent to an activating group) is 2. The third kappa shape index (κ3) is 22.3. The highest BCUT2D eigenvalue weighted by molar-refractivity contribution is 5.72. The van der Waals surface area contributed by atoms with E-state index in [1.165, 1.54) is 0 Å². The molecule has 0 bridgehead atoms. The topological polar surface area (TPSA) is 52.6 Å². The molecule has 0 radical (unpaired) electrons. The highest BCUT2D eigenvalue weighted by Crippen LogP contribution is 2.01. The zero-order valence-electron chi connectivity index (χ0n) is 15.2. The van der Waals surface area contributed by atoms with Crippen molar-refractivity contribution in [3.05, 3.63) is 0 Å². The predicted molar refractivity (Wildman–Crippen MR) is 81.6 cm³/mol. The van der Waals surface area contributed by atoms with Gasteiger partial charge in [0.25, 0.3) is 0 Å². The maximum absolute atomic E-state index is 11.5. The van der Waals surface area contributed by atoms with Crippen LogP contribution in [0.5, 0.6) is 0 Å². The van der Waals surface area contributed by atoms with E-state index in [-0.39, 0.29) is 72.7 Å². The van der Waals surface area contributed by atoms with Crippen LogP contribution in [0.3, 0.4) is 0 Å².